The Bertz CT molecular complexity index is 444. The predicted octanol–water partition coefficient (Wildman–Crippen LogP) is -0.0263. The lowest BCUT2D eigenvalue weighted by atomic mass is 10.3. The van der Waals surface area contributed by atoms with Crippen LogP contribution in [0.3, 0.4) is 0 Å². The molecule has 0 saturated carbocycles. The van der Waals surface area contributed by atoms with Crippen LogP contribution < -0.4 is 5.32 Å². The first-order valence-corrected chi connectivity index (χ1v) is 5.30. The zero-order valence-electron chi connectivity index (χ0n) is 9.59. The van der Waals surface area contributed by atoms with Gasteiger partial charge in [-0.2, -0.15) is 5.10 Å². The first-order chi connectivity index (χ1) is 7.79. The van der Waals surface area contributed by atoms with Crippen LogP contribution in [-0.4, -0.2) is 31.8 Å². The molecule has 0 radical (unpaired) electrons. The normalized spacial score (nSPS) is 10.9. The minimum absolute atomic E-state index is 0.756. The molecule has 2 aromatic rings. The van der Waals surface area contributed by atoms with E-state index in [0.717, 1.165) is 25.2 Å². The van der Waals surface area contributed by atoms with Gasteiger partial charge in [-0.3, -0.25) is 9.36 Å². The Morgan fingerprint density at radius 3 is 3.00 bits per heavy atom. The van der Waals surface area contributed by atoms with E-state index in [-0.39, 0.29) is 0 Å². The number of nitrogens with zero attached hydrogens (tertiary/aromatic N) is 5. The zero-order valence-corrected chi connectivity index (χ0v) is 9.59. The Labute approximate surface area is 94.3 Å². The Kier molecular flexibility index (Phi) is 3.31. The largest absolute Gasteiger partial charge is 0.314 e. The van der Waals surface area contributed by atoms with E-state index in [1.165, 1.54) is 5.69 Å². The molecule has 0 saturated heterocycles. The summed E-state index contributed by atoms with van der Waals surface area (Å²) < 4.78 is 3.74. The quantitative estimate of drug-likeness (QED) is 0.769. The van der Waals surface area contributed by atoms with Gasteiger partial charge >= 0.3 is 0 Å². The van der Waals surface area contributed by atoms with Crippen molar-refractivity contribution in [3.8, 4) is 0 Å². The lowest BCUT2D eigenvalue weighted by Crippen LogP contribution is -2.06. The second kappa shape index (κ2) is 4.89. The molecule has 2 aromatic heterocycles. The molecule has 0 unspecified atom stereocenters. The molecule has 2 rings (SSSR count). The fraction of sp³-hybridized carbons (Fsp3) is 0.500. The van der Waals surface area contributed by atoms with Crippen LogP contribution in [0.15, 0.2) is 18.5 Å². The summed E-state index contributed by atoms with van der Waals surface area (Å²) in [5, 5.41) is 15.3. The van der Waals surface area contributed by atoms with Gasteiger partial charge in [0.05, 0.1) is 5.69 Å². The fourth-order valence-electron chi connectivity index (χ4n) is 1.59. The van der Waals surface area contributed by atoms with Gasteiger partial charge in [-0.25, -0.2) is 0 Å². The summed E-state index contributed by atoms with van der Waals surface area (Å²) >= 11 is 0. The summed E-state index contributed by atoms with van der Waals surface area (Å²) in [7, 11) is 3.85. The van der Waals surface area contributed by atoms with Crippen LogP contribution in [0, 0.1) is 0 Å². The highest BCUT2D eigenvalue weighted by molar-refractivity contribution is 5.00. The Morgan fingerprint density at radius 2 is 2.31 bits per heavy atom. The second-order valence-corrected chi connectivity index (χ2v) is 3.70. The maximum absolute atomic E-state index is 4.12. The molecule has 0 aliphatic rings. The summed E-state index contributed by atoms with van der Waals surface area (Å²) in [6.45, 7) is 1.59. The van der Waals surface area contributed by atoms with Crippen molar-refractivity contribution in [2.24, 2.45) is 7.05 Å². The van der Waals surface area contributed by atoms with Crippen LogP contribution >= 0.6 is 0 Å². The van der Waals surface area contributed by atoms with E-state index < -0.39 is 0 Å². The number of hydrogen-bond donors (Lipinski definition) is 1. The van der Waals surface area contributed by atoms with Crippen molar-refractivity contribution < 1.29 is 0 Å². The van der Waals surface area contributed by atoms with Crippen molar-refractivity contribution in [2.45, 2.75) is 19.5 Å². The third-order valence-corrected chi connectivity index (χ3v) is 2.46. The average Bonchev–Trinajstić information content (AvgIpc) is 2.86. The zero-order chi connectivity index (χ0) is 11.4. The number of aryl methyl sites for hydroxylation is 3. The van der Waals surface area contributed by atoms with Gasteiger partial charge in [0.15, 0.2) is 0 Å². The van der Waals surface area contributed by atoms with Crippen molar-refractivity contribution in [1.29, 1.82) is 0 Å². The minimum atomic E-state index is 0.756. The van der Waals surface area contributed by atoms with Crippen LogP contribution in [0.25, 0.3) is 0 Å². The molecule has 0 fully saturated rings. The van der Waals surface area contributed by atoms with Crippen molar-refractivity contribution in [2.75, 3.05) is 7.05 Å². The molecular weight excluding hydrogens is 204 g/mol. The molecule has 0 aliphatic heterocycles. The summed E-state index contributed by atoms with van der Waals surface area (Å²) in [4.78, 5) is 0. The molecule has 6 nitrogen and oxygen atoms in total. The van der Waals surface area contributed by atoms with Gasteiger partial charge < -0.3 is 5.32 Å². The number of aromatic nitrogens is 5. The lowest BCUT2D eigenvalue weighted by molar-refractivity contribution is 0.567. The van der Waals surface area contributed by atoms with E-state index in [4.69, 9.17) is 0 Å². The summed E-state index contributed by atoms with van der Waals surface area (Å²) in [5.74, 6) is 0. The molecule has 86 valence electrons. The molecule has 2 heterocycles. The molecular formula is C10H16N6. The average molecular weight is 220 g/mol. The molecule has 6 heteroatoms. The maximum atomic E-state index is 4.12. The van der Waals surface area contributed by atoms with Gasteiger partial charge in [0.1, 0.15) is 0 Å². The Hall–Kier alpha value is -1.69. The molecule has 0 spiro atoms. The predicted molar refractivity (Wildman–Crippen MR) is 59.7 cm³/mol. The van der Waals surface area contributed by atoms with Crippen LogP contribution in [0.2, 0.25) is 0 Å². The fourth-order valence-corrected chi connectivity index (χ4v) is 1.59. The topological polar surface area (TPSA) is 60.6 Å². The standard InChI is InChI=1S/C10H16N6/c1-11-7-9-8-16(14-13-9)6-4-10-3-5-12-15(10)2/h3,5,8,11H,4,6-7H2,1-2H3. The van der Waals surface area contributed by atoms with Crippen LogP contribution in [-0.2, 0) is 26.6 Å². The SMILES string of the molecule is CNCc1cn(CCc2ccnn2C)nn1. The molecule has 16 heavy (non-hydrogen) atoms. The van der Waals surface area contributed by atoms with Crippen LogP contribution in [0.4, 0.5) is 0 Å². The number of hydrogen-bond acceptors (Lipinski definition) is 4. The third-order valence-electron chi connectivity index (χ3n) is 2.46. The van der Waals surface area contributed by atoms with Gasteiger partial charge in [0.25, 0.3) is 0 Å². The Balaban J connectivity index is 1.92. The highest BCUT2D eigenvalue weighted by Crippen LogP contribution is 2.00. The van der Waals surface area contributed by atoms with Gasteiger partial charge in [-0.15, -0.1) is 5.10 Å². The van der Waals surface area contributed by atoms with E-state index in [9.17, 15) is 0 Å². The van der Waals surface area contributed by atoms with Crippen molar-refractivity contribution in [3.63, 3.8) is 0 Å². The third kappa shape index (κ3) is 2.46. The molecule has 0 amide bonds. The van der Waals surface area contributed by atoms with E-state index in [1.807, 2.05) is 41.9 Å². The summed E-state index contributed by atoms with van der Waals surface area (Å²) in [6, 6.07) is 2.02. The smallest absolute Gasteiger partial charge is 0.0964 e. The van der Waals surface area contributed by atoms with Gasteiger partial charge in [-0.05, 0) is 13.1 Å². The molecule has 0 atom stereocenters. The molecule has 0 bridgehead atoms. The van der Waals surface area contributed by atoms with E-state index in [2.05, 4.69) is 20.7 Å². The Morgan fingerprint density at radius 1 is 1.44 bits per heavy atom. The summed E-state index contributed by atoms with van der Waals surface area (Å²) in [6.07, 6.45) is 4.69. The monoisotopic (exact) mass is 220 g/mol. The van der Waals surface area contributed by atoms with E-state index in [0.29, 0.717) is 0 Å². The highest BCUT2D eigenvalue weighted by atomic mass is 15.4. The number of nitrogens with one attached hydrogen (secondary N) is 1. The summed E-state index contributed by atoms with van der Waals surface area (Å²) in [5.41, 5.74) is 2.16. The van der Waals surface area contributed by atoms with Gasteiger partial charge in [0.2, 0.25) is 0 Å². The molecule has 1 N–H and O–H groups in total. The second-order valence-electron chi connectivity index (χ2n) is 3.70. The lowest BCUT2D eigenvalue weighted by Gasteiger charge is -2.01. The molecule has 0 aliphatic carbocycles. The van der Waals surface area contributed by atoms with Crippen molar-refractivity contribution >= 4 is 0 Å². The van der Waals surface area contributed by atoms with Gasteiger partial charge in [0, 0.05) is 44.6 Å². The highest BCUT2D eigenvalue weighted by Gasteiger charge is 2.02. The van der Waals surface area contributed by atoms with Gasteiger partial charge in [-0.1, -0.05) is 5.21 Å². The van der Waals surface area contributed by atoms with Crippen LogP contribution in [0.5, 0.6) is 0 Å². The van der Waals surface area contributed by atoms with E-state index >= 15 is 0 Å². The first-order valence-electron chi connectivity index (χ1n) is 5.30. The number of rotatable bonds is 5. The maximum Gasteiger partial charge on any atom is 0.0964 e. The minimum Gasteiger partial charge on any atom is -0.314 e. The van der Waals surface area contributed by atoms with Crippen LogP contribution in [0.1, 0.15) is 11.4 Å². The van der Waals surface area contributed by atoms with Crippen molar-refractivity contribution in [3.05, 3.63) is 29.8 Å². The first kappa shape index (κ1) is 10.8. The van der Waals surface area contributed by atoms with Crippen molar-refractivity contribution in [1.82, 2.24) is 30.1 Å². The van der Waals surface area contributed by atoms with E-state index in [1.54, 1.807) is 0 Å². The molecule has 0 aromatic carbocycles.